The van der Waals surface area contributed by atoms with Gasteiger partial charge in [-0.05, 0) is 46.7 Å². The highest BCUT2D eigenvalue weighted by atomic mass is 16.4. The Morgan fingerprint density at radius 3 is 2.76 bits per heavy atom. The van der Waals surface area contributed by atoms with Gasteiger partial charge in [0.15, 0.2) is 0 Å². The summed E-state index contributed by atoms with van der Waals surface area (Å²) in [5, 5.41) is 12.1. The van der Waals surface area contributed by atoms with Crippen LogP contribution in [0.15, 0.2) is 0 Å². The van der Waals surface area contributed by atoms with Crippen LogP contribution in [0.3, 0.4) is 0 Å². The minimum atomic E-state index is -0.800. The zero-order chi connectivity index (χ0) is 12.9. The molecule has 0 aromatic carbocycles. The van der Waals surface area contributed by atoms with Crippen LogP contribution in [0.1, 0.15) is 46.0 Å². The van der Waals surface area contributed by atoms with E-state index in [0.717, 1.165) is 13.1 Å². The Morgan fingerprint density at radius 1 is 1.47 bits per heavy atom. The first kappa shape index (κ1) is 14.5. The SMILES string of the molecule is CNC(C)(CCN1CCCCCC1C)C(=O)O. The molecule has 0 aromatic heterocycles. The van der Waals surface area contributed by atoms with Crippen molar-refractivity contribution in [3.63, 3.8) is 0 Å². The van der Waals surface area contributed by atoms with Crippen molar-refractivity contribution in [3.05, 3.63) is 0 Å². The van der Waals surface area contributed by atoms with Crippen LogP contribution in [-0.2, 0) is 4.79 Å². The fourth-order valence-corrected chi connectivity index (χ4v) is 2.37. The lowest BCUT2D eigenvalue weighted by Gasteiger charge is -2.31. The monoisotopic (exact) mass is 242 g/mol. The van der Waals surface area contributed by atoms with E-state index in [1.165, 1.54) is 25.7 Å². The van der Waals surface area contributed by atoms with Crippen LogP contribution >= 0.6 is 0 Å². The highest BCUT2D eigenvalue weighted by molar-refractivity contribution is 5.78. The second-order valence-electron chi connectivity index (χ2n) is 5.37. The Bertz CT molecular complexity index is 258. The number of carboxylic acids is 1. The van der Waals surface area contributed by atoms with Gasteiger partial charge in [-0.25, -0.2) is 0 Å². The van der Waals surface area contributed by atoms with E-state index in [-0.39, 0.29) is 0 Å². The molecular formula is C13H26N2O2. The number of likely N-dealkylation sites (N-methyl/N-ethyl adjacent to an activating group) is 1. The van der Waals surface area contributed by atoms with Gasteiger partial charge >= 0.3 is 5.97 Å². The van der Waals surface area contributed by atoms with Crippen molar-refractivity contribution in [1.82, 2.24) is 10.2 Å². The number of hydrogen-bond donors (Lipinski definition) is 2. The average Bonchev–Trinajstić information content (AvgIpc) is 2.50. The van der Waals surface area contributed by atoms with Gasteiger partial charge < -0.3 is 15.3 Å². The van der Waals surface area contributed by atoms with Crippen LogP contribution < -0.4 is 5.32 Å². The zero-order valence-corrected chi connectivity index (χ0v) is 11.3. The highest BCUT2D eigenvalue weighted by Crippen LogP contribution is 2.18. The molecule has 2 N–H and O–H groups in total. The normalized spacial score (nSPS) is 26.2. The zero-order valence-electron chi connectivity index (χ0n) is 11.3. The minimum Gasteiger partial charge on any atom is -0.480 e. The summed E-state index contributed by atoms with van der Waals surface area (Å²) >= 11 is 0. The number of rotatable bonds is 5. The van der Waals surface area contributed by atoms with Crippen molar-refractivity contribution in [2.75, 3.05) is 20.1 Å². The topological polar surface area (TPSA) is 52.6 Å². The molecule has 1 saturated heterocycles. The number of carboxylic acid groups (broad SMARTS) is 1. The van der Waals surface area contributed by atoms with Crippen molar-refractivity contribution in [3.8, 4) is 0 Å². The molecule has 4 heteroatoms. The van der Waals surface area contributed by atoms with Gasteiger partial charge in [-0.3, -0.25) is 4.79 Å². The molecule has 17 heavy (non-hydrogen) atoms. The first-order valence-electron chi connectivity index (χ1n) is 6.66. The van der Waals surface area contributed by atoms with Crippen molar-refractivity contribution < 1.29 is 9.90 Å². The highest BCUT2D eigenvalue weighted by Gasteiger charge is 2.32. The third-order valence-corrected chi connectivity index (χ3v) is 4.11. The second-order valence-corrected chi connectivity index (χ2v) is 5.37. The molecule has 2 unspecified atom stereocenters. The quantitative estimate of drug-likeness (QED) is 0.770. The molecule has 1 heterocycles. The standard InChI is InChI=1S/C13H26N2O2/c1-11-7-5-4-6-9-15(11)10-8-13(2,14-3)12(16)17/h11,14H,4-10H2,1-3H3,(H,16,17). The van der Waals surface area contributed by atoms with Gasteiger partial charge in [0, 0.05) is 12.6 Å². The summed E-state index contributed by atoms with van der Waals surface area (Å²) < 4.78 is 0. The van der Waals surface area contributed by atoms with Gasteiger partial charge in [-0.2, -0.15) is 0 Å². The maximum absolute atomic E-state index is 11.2. The van der Waals surface area contributed by atoms with E-state index in [1.807, 2.05) is 0 Å². The van der Waals surface area contributed by atoms with Gasteiger partial charge in [0.05, 0.1) is 0 Å². The third-order valence-electron chi connectivity index (χ3n) is 4.11. The molecule has 4 nitrogen and oxygen atoms in total. The molecule has 2 atom stereocenters. The molecular weight excluding hydrogens is 216 g/mol. The fourth-order valence-electron chi connectivity index (χ4n) is 2.37. The molecule has 0 aliphatic carbocycles. The lowest BCUT2D eigenvalue weighted by molar-refractivity contribution is -0.144. The van der Waals surface area contributed by atoms with Crippen LogP contribution in [0.4, 0.5) is 0 Å². The van der Waals surface area contributed by atoms with Gasteiger partial charge in [0.2, 0.25) is 0 Å². The number of nitrogens with one attached hydrogen (secondary N) is 1. The summed E-state index contributed by atoms with van der Waals surface area (Å²) in [6.45, 7) is 5.99. The van der Waals surface area contributed by atoms with E-state index in [9.17, 15) is 9.90 Å². The Morgan fingerprint density at radius 2 is 2.18 bits per heavy atom. The average molecular weight is 242 g/mol. The Hall–Kier alpha value is -0.610. The molecule has 0 radical (unpaired) electrons. The second kappa shape index (κ2) is 6.36. The van der Waals surface area contributed by atoms with Crippen LogP contribution in [0.2, 0.25) is 0 Å². The first-order chi connectivity index (χ1) is 7.99. The fraction of sp³-hybridized carbons (Fsp3) is 0.923. The van der Waals surface area contributed by atoms with Crippen LogP contribution in [-0.4, -0.2) is 47.7 Å². The smallest absolute Gasteiger partial charge is 0.323 e. The van der Waals surface area contributed by atoms with Crippen molar-refractivity contribution >= 4 is 5.97 Å². The number of nitrogens with zero attached hydrogens (tertiary/aromatic N) is 1. The van der Waals surface area contributed by atoms with Crippen molar-refractivity contribution in [2.24, 2.45) is 0 Å². The molecule has 1 fully saturated rings. The van der Waals surface area contributed by atoms with Crippen molar-refractivity contribution in [2.45, 2.75) is 57.5 Å². The summed E-state index contributed by atoms with van der Waals surface area (Å²) in [6, 6.07) is 0.590. The van der Waals surface area contributed by atoms with Crippen LogP contribution in [0, 0.1) is 0 Å². The van der Waals surface area contributed by atoms with Gasteiger partial charge in [0.25, 0.3) is 0 Å². The largest absolute Gasteiger partial charge is 0.480 e. The van der Waals surface area contributed by atoms with Crippen molar-refractivity contribution in [1.29, 1.82) is 0 Å². The lowest BCUT2D eigenvalue weighted by atomic mass is 9.97. The van der Waals surface area contributed by atoms with E-state index in [0.29, 0.717) is 12.5 Å². The predicted molar refractivity (Wildman–Crippen MR) is 69.2 cm³/mol. The van der Waals surface area contributed by atoms with Crippen LogP contribution in [0.25, 0.3) is 0 Å². The number of aliphatic carboxylic acids is 1. The molecule has 0 spiro atoms. The van der Waals surface area contributed by atoms with Crippen LogP contribution in [0.5, 0.6) is 0 Å². The molecule has 1 aliphatic heterocycles. The summed E-state index contributed by atoms with van der Waals surface area (Å²) in [5.74, 6) is -0.762. The van der Waals surface area contributed by atoms with Gasteiger partial charge in [0.1, 0.15) is 5.54 Å². The summed E-state index contributed by atoms with van der Waals surface area (Å²) in [5.41, 5.74) is -0.800. The molecule has 0 aromatic rings. The van der Waals surface area contributed by atoms with E-state index in [4.69, 9.17) is 0 Å². The van der Waals surface area contributed by atoms with Gasteiger partial charge in [-0.1, -0.05) is 12.8 Å². The van der Waals surface area contributed by atoms with E-state index in [1.54, 1.807) is 14.0 Å². The maximum atomic E-state index is 11.2. The lowest BCUT2D eigenvalue weighted by Crippen LogP contribution is -2.50. The summed E-state index contributed by atoms with van der Waals surface area (Å²) in [6.07, 6.45) is 5.75. The summed E-state index contributed by atoms with van der Waals surface area (Å²) in [7, 11) is 1.72. The molecule has 0 saturated carbocycles. The first-order valence-corrected chi connectivity index (χ1v) is 6.66. The molecule has 1 rings (SSSR count). The number of likely N-dealkylation sites (tertiary alicyclic amines) is 1. The molecule has 1 aliphatic rings. The minimum absolute atomic E-state index is 0.590. The maximum Gasteiger partial charge on any atom is 0.323 e. The number of carbonyl (C=O) groups is 1. The van der Waals surface area contributed by atoms with Gasteiger partial charge in [-0.15, -0.1) is 0 Å². The Labute approximate surface area is 104 Å². The predicted octanol–water partition coefficient (Wildman–Crippen LogP) is 1.70. The van der Waals surface area contributed by atoms with E-state index < -0.39 is 11.5 Å². The molecule has 0 amide bonds. The Kier molecular flexibility index (Phi) is 5.40. The van der Waals surface area contributed by atoms with E-state index in [2.05, 4.69) is 17.1 Å². The molecule has 100 valence electrons. The Balaban J connectivity index is 2.50. The third kappa shape index (κ3) is 3.96. The van der Waals surface area contributed by atoms with E-state index >= 15 is 0 Å². The summed E-state index contributed by atoms with van der Waals surface area (Å²) in [4.78, 5) is 13.6. The molecule has 0 bridgehead atoms. The number of hydrogen-bond acceptors (Lipinski definition) is 3.